The third-order valence-electron chi connectivity index (χ3n) is 2.83. The molecule has 5 nitrogen and oxygen atoms in total. The minimum Gasteiger partial charge on any atom is -0.458 e. The van der Waals surface area contributed by atoms with Crippen molar-refractivity contribution in [3.05, 3.63) is 17.5 Å². The first-order valence-corrected chi connectivity index (χ1v) is 6.40. The topological polar surface area (TPSA) is 61.2 Å². The molecule has 1 rings (SSSR count). The summed E-state index contributed by atoms with van der Waals surface area (Å²) < 4.78 is 6.74. The van der Waals surface area contributed by atoms with E-state index in [1.807, 2.05) is 19.9 Å². The molecular formula is C14H22N2O3. The molecule has 5 heteroatoms. The van der Waals surface area contributed by atoms with Gasteiger partial charge in [-0.15, -0.1) is 0 Å². The number of esters is 1. The van der Waals surface area contributed by atoms with Gasteiger partial charge in [-0.25, -0.2) is 0 Å². The monoisotopic (exact) mass is 266 g/mol. The average Bonchev–Trinajstić information content (AvgIpc) is 2.60. The van der Waals surface area contributed by atoms with Crippen LogP contribution in [0.5, 0.6) is 0 Å². The van der Waals surface area contributed by atoms with Gasteiger partial charge in [0.25, 0.3) is 0 Å². The summed E-state index contributed by atoms with van der Waals surface area (Å²) in [6.45, 7) is 9.58. The van der Waals surface area contributed by atoms with Crippen molar-refractivity contribution in [3.8, 4) is 0 Å². The lowest BCUT2D eigenvalue weighted by molar-refractivity contribution is -0.150. The Balaban J connectivity index is 2.37. The molecule has 0 bridgehead atoms. The van der Waals surface area contributed by atoms with E-state index in [2.05, 4.69) is 5.10 Å². The molecule has 0 aliphatic carbocycles. The van der Waals surface area contributed by atoms with Crippen molar-refractivity contribution in [2.24, 2.45) is 5.41 Å². The molecule has 1 aromatic heterocycles. The molecule has 0 N–H and O–H groups in total. The Labute approximate surface area is 113 Å². The number of hydrogen-bond acceptors (Lipinski definition) is 4. The van der Waals surface area contributed by atoms with Gasteiger partial charge in [0.2, 0.25) is 0 Å². The molecular weight excluding hydrogens is 244 g/mol. The summed E-state index contributed by atoms with van der Waals surface area (Å²) in [5, 5.41) is 4.26. The van der Waals surface area contributed by atoms with Crippen molar-refractivity contribution in [2.45, 2.75) is 47.6 Å². The Morgan fingerprint density at radius 1 is 1.32 bits per heavy atom. The second-order valence-electron chi connectivity index (χ2n) is 5.73. The van der Waals surface area contributed by atoms with Crippen molar-refractivity contribution < 1.29 is 14.3 Å². The van der Waals surface area contributed by atoms with Gasteiger partial charge < -0.3 is 4.74 Å². The van der Waals surface area contributed by atoms with Gasteiger partial charge >= 0.3 is 5.97 Å². The van der Waals surface area contributed by atoms with Crippen LogP contribution in [-0.2, 0) is 20.9 Å². The third kappa shape index (κ3) is 4.85. The first-order chi connectivity index (χ1) is 8.70. The van der Waals surface area contributed by atoms with Crippen LogP contribution < -0.4 is 0 Å². The summed E-state index contributed by atoms with van der Waals surface area (Å²) >= 11 is 0. The molecule has 1 heterocycles. The highest BCUT2D eigenvalue weighted by Gasteiger charge is 2.22. The third-order valence-corrected chi connectivity index (χ3v) is 2.83. The van der Waals surface area contributed by atoms with E-state index >= 15 is 0 Å². The van der Waals surface area contributed by atoms with Crippen LogP contribution in [0.3, 0.4) is 0 Å². The molecule has 0 saturated heterocycles. The molecule has 0 radical (unpaired) electrons. The molecule has 0 atom stereocenters. The van der Waals surface area contributed by atoms with Crippen molar-refractivity contribution in [1.29, 1.82) is 0 Å². The van der Waals surface area contributed by atoms with Crippen LogP contribution >= 0.6 is 0 Å². The number of aryl methyl sites for hydroxylation is 3. The fourth-order valence-corrected chi connectivity index (χ4v) is 1.53. The zero-order chi connectivity index (χ0) is 14.6. The number of rotatable bonds is 5. The number of hydrogen-bond donors (Lipinski definition) is 0. The van der Waals surface area contributed by atoms with E-state index in [9.17, 15) is 9.59 Å². The van der Waals surface area contributed by atoms with Gasteiger partial charge in [-0.1, -0.05) is 20.8 Å². The zero-order valence-electron chi connectivity index (χ0n) is 12.3. The van der Waals surface area contributed by atoms with E-state index in [1.54, 1.807) is 25.5 Å². The second kappa shape index (κ2) is 5.99. The van der Waals surface area contributed by atoms with Gasteiger partial charge in [0.1, 0.15) is 0 Å². The first-order valence-electron chi connectivity index (χ1n) is 6.40. The van der Waals surface area contributed by atoms with Gasteiger partial charge in [0.15, 0.2) is 12.4 Å². The molecule has 0 amide bonds. The number of nitrogens with zero attached hydrogens (tertiary/aromatic N) is 2. The summed E-state index contributed by atoms with van der Waals surface area (Å²) in [5.41, 5.74) is 1.46. The predicted octanol–water partition coefficient (Wildman–Crippen LogP) is 2.05. The van der Waals surface area contributed by atoms with Gasteiger partial charge in [-0.2, -0.15) is 5.10 Å². The second-order valence-corrected chi connectivity index (χ2v) is 5.73. The van der Waals surface area contributed by atoms with Crippen LogP contribution in [0.2, 0.25) is 0 Å². The normalized spacial score (nSPS) is 11.4. The van der Waals surface area contributed by atoms with E-state index in [-0.39, 0.29) is 24.8 Å². The maximum atomic E-state index is 11.6. The Hall–Kier alpha value is -1.65. The van der Waals surface area contributed by atoms with Crippen LogP contribution in [0.15, 0.2) is 6.07 Å². The summed E-state index contributed by atoms with van der Waals surface area (Å²) in [6.07, 6.45) is 0.222. The Bertz CT molecular complexity index is 470. The van der Waals surface area contributed by atoms with Gasteiger partial charge in [-0.3, -0.25) is 14.3 Å². The molecule has 1 aromatic rings. The lowest BCUT2D eigenvalue weighted by Crippen LogP contribution is -2.26. The quantitative estimate of drug-likeness (QED) is 0.765. The molecule has 19 heavy (non-hydrogen) atoms. The van der Waals surface area contributed by atoms with E-state index in [0.717, 1.165) is 11.4 Å². The minimum atomic E-state index is -0.476. The average molecular weight is 266 g/mol. The highest BCUT2D eigenvalue weighted by molar-refractivity contribution is 5.86. The number of carbonyl (C=O) groups excluding carboxylic acids is 2. The summed E-state index contributed by atoms with van der Waals surface area (Å²) in [7, 11) is 0. The molecule has 0 unspecified atom stereocenters. The van der Waals surface area contributed by atoms with Gasteiger partial charge in [-0.05, 0) is 19.9 Å². The summed E-state index contributed by atoms with van der Waals surface area (Å²) in [6, 6.07) is 1.95. The van der Waals surface area contributed by atoms with Gasteiger partial charge in [0.05, 0.1) is 18.7 Å². The molecule has 0 aliphatic heterocycles. The zero-order valence-corrected chi connectivity index (χ0v) is 12.3. The van der Waals surface area contributed by atoms with Crippen LogP contribution in [0.25, 0.3) is 0 Å². The Morgan fingerprint density at radius 2 is 1.95 bits per heavy atom. The molecule has 0 aromatic carbocycles. The lowest BCUT2D eigenvalue weighted by Gasteiger charge is -2.16. The van der Waals surface area contributed by atoms with Crippen molar-refractivity contribution in [2.75, 3.05) is 6.61 Å². The highest BCUT2D eigenvalue weighted by Crippen LogP contribution is 2.14. The maximum Gasteiger partial charge on any atom is 0.308 e. The van der Waals surface area contributed by atoms with E-state index in [0.29, 0.717) is 6.54 Å². The number of aromatic nitrogens is 2. The first kappa shape index (κ1) is 15.4. The van der Waals surface area contributed by atoms with Crippen molar-refractivity contribution in [3.63, 3.8) is 0 Å². The highest BCUT2D eigenvalue weighted by atomic mass is 16.5. The van der Waals surface area contributed by atoms with Crippen LogP contribution in [0.1, 0.15) is 38.6 Å². The largest absolute Gasteiger partial charge is 0.458 e. The van der Waals surface area contributed by atoms with Crippen LogP contribution in [0.4, 0.5) is 0 Å². The fourth-order valence-electron chi connectivity index (χ4n) is 1.53. The Morgan fingerprint density at radius 3 is 2.42 bits per heavy atom. The number of Topliss-reactive ketones (excluding diaryl/α,β-unsaturated/α-hetero) is 1. The molecule has 106 valence electrons. The van der Waals surface area contributed by atoms with Gasteiger partial charge in [0, 0.05) is 11.1 Å². The van der Waals surface area contributed by atoms with Crippen molar-refractivity contribution >= 4 is 11.8 Å². The predicted molar refractivity (Wildman–Crippen MR) is 71.7 cm³/mol. The fraction of sp³-hybridized carbons (Fsp3) is 0.643. The molecule has 0 aliphatic rings. The number of carbonyl (C=O) groups is 2. The number of ether oxygens (including phenoxy) is 1. The standard InChI is InChI=1S/C14H22N2O3/c1-10-8-11(2)16(15-10)7-6-13(18)19-9-12(17)14(3,4)5/h8H,6-7,9H2,1-5H3. The maximum absolute atomic E-state index is 11.6. The molecule has 0 spiro atoms. The van der Waals surface area contributed by atoms with E-state index in [1.165, 1.54) is 0 Å². The molecule has 0 fully saturated rings. The lowest BCUT2D eigenvalue weighted by atomic mass is 9.91. The SMILES string of the molecule is Cc1cc(C)n(CCC(=O)OCC(=O)C(C)(C)C)n1. The minimum absolute atomic E-state index is 0.0769. The molecule has 0 saturated carbocycles. The van der Waals surface area contributed by atoms with Crippen molar-refractivity contribution in [1.82, 2.24) is 9.78 Å². The van der Waals surface area contributed by atoms with E-state index < -0.39 is 5.41 Å². The van der Waals surface area contributed by atoms with E-state index in [4.69, 9.17) is 4.74 Å². The number of ketones is 1. The summed E-state index contributed by atoms with van der Waals surface area (Å²) in [5.74, 6) is -0.447. The van der Waals surface area contributed by atoms with Crippen LogP contribution in [-0.4, -0.2) is 28.1 Å². The Kier molecular flexibility index (Phi) is 4.86. The van der Waals surface area contributed by atoms with Crippen LogP contribution in [0, 0.1) is 19.3 Å². The smallest absolute Gasteiger partial charge is 0.308 e. The summed E-state index contributed by atoms with van der Waals surface area (Å²) in [4.78, 5) is 23.2.